The Morgan fingerprint density at radius 3 is 2.60 bits per heavy atom. The first-order chi connectivity index (χ1) is 9.63. The zero-order chi connectivity index (χ0) is 14.8. The number of carbonyl (C=O) groups is 2. The summed E-state index contributed by atoms with van der Waals surface area (Å²) in [5.41, 5.74) is 0.869. The van der Waals surface area contributed by atoms with Crippen LogP contribution in [0.5, 0.6) is 5.75 Å². The van der Waals surface area contributed by atoms with Gasteiger partial charge in [0.2, 0.25) is 5.91 Å². The highest BCUT2D eigenvalue weighted by atomic mass is 16.5. The van der Waals surface area contributed by atoms with E-state index in [0.29, 0.717) is 13.1 Å². The molecule has 0 unspecified atom stereocenters. The molecule has 0 bridgehead atoms. The van der Waals surface area contributed by atoms with Crippen LogP contribution in [0.3, 0.4) is 0 Å². The molecule has 0 heterocycles. The van der Waals surface area contributed by atoms with Gasteiger partial charge in [0.05, 0.1) is 7.11 Å². The largest absolute Gasteiger partial charge is 0.496 e. The van der Waals surface area contributed by atoms with Gasteiger partial charge in [-0.05, 0) is 12.1 Å². The molecule has 1 aromatic carbocycles. The summed E-state index contributed by atoms with van der Waals surface area (Å²) in [6.45, 7) is 2.20. The molecule has 1 rings (SSSR count). The molecule has 0 saturated heterocycles. The summed E-state index contributed by atoms with van der Waals surface area (Å²) in [6.07, 6.45) is 3.28. The van der Waals surface area contributed by atoms with Crippen LogP contribution in [0.15, 0.2) is 30.5 Å². The van der Waals surface area contributed by atoms with Crippen LogP contribution in [0.1, 0.15) is 12.5 Å². The number of amides is 3. The van der Waals surface area contributed by atoms with E-state index in [1.54, 1.807) is 13.2 Å². The van der Waals surface area contributed by atoms with Gasteiger partial charge in [-0.25, -0.2) is 4.79 Å². The average molecular weight is 277 g/mol. The number of carbonyl (C=O) groups excluding carboxylic acids is 2. The Labute approximate surface area is 118 Å². The lowest BCUT2D eigenvalue weighted by Gasteiger charge is -2.05. The minimum Gasteiger partial charge on any atom is -0.496 e. The quantitative estimate of drug-likeness (QED) is 0.681. The van der Waals surface area contributed by atoms with Crippen molar-refractivity contribution in [1.29, 1.82) is 0 Å². The summed E-state index contributed by atoms with van der Waals surface area (Å²) < 4.78 is 5.18. The molecule has 0 fully saturated rings. The Hall–Kier alpha value is -2.50. The zero-order valence-electron chi connectivity index (χ0n) is 11.6. The summed E-state index contributed by atoms with van der Waals surface area (Å²) in [7, 11) is 1.59. The molecule has 0 aliphatic heterocycles. The summed E-state index contributed by atoms with van der Waals surface area (Å²) in [6, 6.07) is 7.15. The molecule has 0 aliphatic carbocycles. The van der Waals surface area contributed by atoms with Crippen LogP contribution in [0.2, 0.25) is 0 Å². The molecular formula is C14H19N3O3. The first kappa shape index (κ1) is 15.6. The lowest BCUT2D eigenvalue weighted by Crippen LogP contribution is -2.37. The van der Waals surface area contributed by atoms with Crippen LogP contribution in [-0.4, -0.2) is 32.1 Å². The average Bonchev–Trinajstić information content (AvgIpc) is 2.44. The van der Waals surface area contributed by atoms with Crippen molar-refractivity contribution in [1.82, 2.24) is 16.0 Å². The molecule has 3 N–H and O–H groups in total. The van der Waals surface area contributed by atoms with E-state index >= 15 is 0 Å². The number of rotatable bonds is 6. The monoisotopic (exact) mass is 277 g/mol. The smallest absolute Gasteiger partial charge is 0.318 e. The van der Waals surface area contributed by atoms with Crippen molar-refractivity contribution in [2.75, 3.05) is 20.2 Å². The number of methoxy groups -OCH3 is 1. The van der Waals surface area contributed by atoms with E-state index in [4.69, 9.17) is 4.74 Å². The minimum atomic E-state index is -0.332. The number of urea groups is 1. The van der Waals surface area contributed by atoms with E-state index < -0.39 is 0 Å². The van der Waals surface area contributed by atoms with Gasteiger partial charge in [-0.15, -0.1) is 0 Å². The van der Waals surface area contributed by atoms with Crippen molar-refractivity contribution >= 4 is 18.0 Å². The van der Waals surface area contributed by atoms with Gasteiger partial charge < -0.3 is 20.7 Å². The minimum absolute atomic E-state index is 0.122. The molecule has 0 aliphatic rings. The second kappa shape index (κ2) is 8.58. The van der Waals surface area contributed by atoms with Gasteiger partial charge in [-0.3, -0.25) is 4.79 Å². The molecule has 1 aromatic rings. The molecule has 0 radical (unpaired) electrons. The van der Waals surface area contributed by atoms with Crippen LogP contribution in [-0.2, 0) is 4.79 Å². The van der Waals surface area contributed by atoms with Crippen molar-refractivity contribution in [2.24, 2.45) is 0 Å². The first-order valence-electron chi connectivity index (χ1n) is 6.22. The number of ether oxygens (including phenoxy) is 1. The Kier molecular flexibility index (Phi) is 6.67. The van der Waals surface area contributed by atoms with Gasteiger partial charge in [-0.2, -0.15) is 0 Å². The summed E-state index contributed by atoms with van der Waals surface area (Å²) in [5, 5.41) is 7.76. The number of hydrogen-bond acceptors (Lipinski definition) is 3. The fraction of sp³-hybridized carbons (Fsp3) is 0.286. The van der Waals surface area contributed by atoms with E-state index in [1.165, 1.54) is 13.1 Å². The standard InChI is InChI=1S/C14H19N3O3/c1-11(18)15-9-10-17-14(19)16-8-7-12-5-3-4-6-13(12)20-2/h3-8H,9-10H2,1-2H3,(H,15,18)(H2,16,17,19)/b8-7+. The van der Waals surface area contributed by atoms with Crippen LogP contribution in [0.4, 0.5) is 4.79 Å². The third kappa shape index (κ3) is 5.90. The van der Waals surface area contributed by atoms with E-state index in [9.17, 15) is 9.59 Å². The van der Waals surface area contributed by atoms with Crippen LogP contribution >= 0.6 is 0 Å². The summed E-state index contributed by atoms with van der Waals surface area (Å²) >= 11 is 0. The predicted octanol–water partition coefficient (Wildman–Crippen LogP) is 1.10. The second-order valence-electron chi connectivity index (χ2n) is 3.96. The number of hydrogen-bond donors (Lipinski definition) is 3. The molecule has 0 saturated carbocycles. The molecule has 6 nitrogen and oxygen atoms in total. The Morgan fingerprint density at radius 1 is 1.20 bits per heavy atom. The molecule has 0 atom stereocenters. The third-order valence-corrected chi connectivity index (χ3v) is 2.40. The molecule has 0 aromatic heterocycles. The third-order valence-electron chi connectivity index (χ3n) is 2.40. The SMILES string of the molecule is COc1ccccc1/C=C/NC(=O)NCCNC(C)=O. The maximum atomic E-state index is 11.4. The van der Waals surface area contributed by atoms with Crippen LogP contribution in [0, 0.1) is 0 Å². The highest BCUT2D eigenvalue weighted by Crippen LogP contribution is 2.17. The summed E-state index contributed by atoms with van der Waals surface area (Å²) in [5.74, 6) is 0.611. The highest BCUT2D eigenvalue weighted by Gasteiger charge is 1.98. The normalized spacial score (nSPS) is 10.1. The van der Waals surface area contributed by atoms with E-state index in [0.717, 1.165) is 11.3 Å². The zero-order valence-corrected chi connectivity index (χ0v) is 11.6. The van der Waals surface area contributed by atoms with Crippen molar-refractivity contribution in [3.63, 3.8) is 0 Å². The van der Waals surface area contributed by atoms with Crippen molar-refractivity contribution in [3.05, 3.63) is 36.0 Å². The van der Waals surface area contributed by atoms with E-state index in [2.05, 4.69) is 16.0 Å². The van der Waals surface area contributed by atoms with Gasteiger partial charge in [0, 0.05) is 31.8 Å². The van der Waals surface area contributed by atoms with E-state index in [-0.39, 0.29) is 11.9 Å². The van der Waals surface area contributed by atoms with E-state index in [1.807, 2.05) is 24.3 Å². The molecule has 0 spiro atoms. The number of nitrogens with one attached hydrogen (secondary N) is 3. The lowest BCUT2D eigenvalue weighted by atomic mass is 10.2. The Balaban J connectivity index is 2.33. The van der Waals surface area contributed by atoms with Crippen molar-refractivity contribution in [3.8, 4) is 5.75 Å². The number of benzene rings is 1. The lowest BCUT2D eigenvalue weighted by molar-refractivity contribution is -0.118. The topological polar surface area (TPSA) is 79.5 Å². The second-order valence-corrected chi connectivity index (χ2v) is 3.96. The number of para-hydroxylation sites is 1. The first-order valence-corrected chi connectivity index (χ1v) is 6.22. The van der Waals surface area contributed by atoms with Crippen molar-refractivity contribution in [2.45, 2.75) is 6.92 Å². The molecule has 3 amide bonds. The highest BCUT2D eigenvalue weighted by molar-refractivity contribution is 5.76. The van der Waals surface area contributed by atoms with Gasteiger partial charge in [0.25, 0.3) is 0 Å². The van der Waals surface area contributed by atoms with Gasteiger partial charge in [-0.1, -0.05) is 18.2 Å². The summed E-state index contributed by atoms with van der Waals surface area (Å²) in [4.78, 5) is 22.0. The van der Waals surface area contributed by atoms with Gasteiger partial charge in [0.15, 0.2) is 0 Å². The maximum absolute atomic E-state index is 11.4. The predicted molar refractivity (Wildman–Crippen MR) is 77.2 cm³/mol. The Bertz CT molecular complexity index is 486. The maximum Gasteiger partial charge on any atom is 0.318 e. The van der Waals surface area contributed by atoms with Gasteiger partial charge in [0.1, 0.15) is 5.75 Å². The van der Waals surface area contributed by atoms with Crippen LogP contribution < -0.4 is 20.7 Å². The molecule has 6 heteroatoms. The fourth-order valence-corrected chi connectivity index (χ4v) is 1.48. The fourth-order valence-electron chi connectivity index (χ4n) is 1.48. The van der Waals surface area contributed by atoms with Crippen molar-refractivity contribution < 1.29 is 14.3 Å². The van der Waals surface area contributed by atoms with Crippen LogP contribution in [0.25, 0.3) is 6.08 Å². The molecule has 20 heavy (non-hydrogen) atoms. The molecular weight excluding hydrogens is 258 g/mol. The Morgan fingerprint density at radius 2 is 1.90 bits per heavy atom. The molecule has 108 valence electrons. The van der Waals surface area contributed by atoms with Gasteiger partial charge >= 0.3 is 6.03 Å².